The molecule has 0 saturated carbocycles. The van der Waals surface area contributed by atoms with Gasteiger partial charge in [0.1, 0.15) is 5.75 Å². The van der Waals surface area contributed by atoms with Crippen molar-refractivity contribution in [2.24, 2.45) is 5.92 Å². The number of aryl methyl sites for hydroxylation is 1. The van der Waals surface area contributed by atoms with Gasteiger partial charge in [0.2, 0.25) is 0 Å². The number of aliphatic hydroxyl groups excluding tert-OH is 1. The van der Waals surface area contributed by atoms with Crippen molar-refractivity contribution in [1.29, 1.82) is 0 Å². The maximum Gasteiger partial charge on any atom is 0.335 e. The number of carbonyl (C=O) groups is 2. The number of ether oxygens (including phenoxy) is 2. The molecular weight excluding hydrogens is 646 g/mol. The van der Waals surface area contributed by atoms with Gasteiger partial charge in [-0.3, -0.25) is 14.4 Å². The Morgan fingerprint density at radius 2 is 1.76 bits per heavy atom. The van der Waals surface area contributed by atoms with Crippen LogP contribution in [-0.2, 0) is 21.3 Å². The molecule has 4 rings (SSSR count). The molecule has 0 spiro atoms. The Kier molecular flexibility index (Phi) is 13.2. The predicted molar refractivity (Wildman–Crippen MR) is 189 cm³/mol. The molecule has 1 heterocycles. The molecule has 1 aliphatic heterocycles. The number of aliphatic hydroxyl groups is 1. The minimum absolute atomic E-state index is 0.104. The summed E-state index contributed by atoms with van der Waals surface area (Å²) >= 11 is 0. The van der Waals surface area contributed by atoms with Crippen molar-refractivity contribution in [3.8, 4) is 5.75 Å². The second kappa shape index (κ2) is 17.1. The van der Waals surface area contributed by atoms with Crippen molar-refractivity contribution in [2.75, 3.05) is 38.1 Å². The molecule has 0 unspecified atom stereocenters. The summed E-state index contributed by atoms with van der Waals surface area (Å²) in [5.41, 5.74) is 2.54. The number of benzene rings is 3. The fraction of sp³-hybridized carbons (Fsp3) is 0.459. The average Bonchev–Trinajstić information content (AvgIpc) is 3.06. The number of carbonyl (C=O) groups excluding carboxylic acids is 1. The highest BCUT2D eigenvalue weighted by Gasteiger charge is 2.31. The van der Waals surface area contributed by atoms with Gasteiger partial charge in [0.05, 0.1) is 40.9 Å². The molecule has 3 N–H and O–H groups in total. The van der Waals surface area contributed by atoms with Crippen molar-refractivity contribution in [3.63, 3.8) is 0 Å². The second-order valence-electron chi connectivity index (χ2n) is 13.1. The molecule has 0 fully saturated rings. The SMILES string of the molecule is Cc1ccc(S(=O)(=O)Nc2ccc3c(c2)C(=O)N([C@@H](C)CO)C[C@H](C)[C@H](CN(C)Cc2ccc(C(=O)O)cc2)OCCCC[C@H](C)O3)cc1. The fourth-order valence-electron chi connectivity index (χ4n) is 5.82. The van der Waals surface area contributed by atoms with E-state index in [-0.39, 0.29) is 53.0 Å². The molecule has 0 bridgehead atoms. The van der Waals surface area contributed by atoms with Gasteiger partial charge in [0.25, 0.3) is 15.9 Å². The van der Waals surface area contributed by atoms with Crippen LogP contribution in [0, 0.1) is 12.8 Å². The number of sulfonamides is 1. The molecule has 1 aliphatic rings. The van der Waals surface area contributed by atoms with Gasteiger partial charge in [-0.15, -0.1) is 0 Å². The summed E-state index contributed by atoms with van der Waals surface area (Å²) in [6.45, 7) is 9.25. The van der Waals surface area contributed by atoms with Crippen molar-refractivity contribution >= 4 is 27.6 Å². The number of nitrogens with one attached hydrogen (secondary N) is 1. The van der Waals surface area contributed by atoms with Crippen LogP contribution in [0.25, 0.3) is 0 Å². The van der Waals surface area contributed by atoms with E-state index in [0.29, 0.717) is 25.4 Å². The Morgan fingerprint density at radius 1 is 1.06 bits per heavy atom. The number of carboxylic acid groups (broad SMARTS) is 1. The molecule has 0 aliphatic carbocycles. The van der Waals surface area contributed by atoms with Crippen LogP contribution in [0.2, 0.25) is 0 Å². The molecule has 4 atom stereocenters. The lowest BCUT2D eigenvalue weighted by Crippen LogP contribution is -2.47. The number of likely N-dealkylation sites (N-methyl/N-ethyl adjacent to an activating group) is 1. The fourth-order valence-corrected chi connectivity index (χ4v) is 6.87. The molecule has 266 valence electrons. The van der Waals surface area contributed by atoms with E-state index < -0.39 is 27.9 Å². The molecule has 0 saturated heterocycles. The maximum atomic E-state index is 14.4. The summed E-state index contributed by atoms with van der Waals surface area (Å²) in [5.74, 6) is -1.17. The van der Waals surface area contributed by atoms with Crippen molar-refractivity contribution < 1.29 is 37.7 Å². The van der Waals surface area contributed by atoms with Gasteiger partial charge in [0, 0.05) is 37.8 Å². The molecule has 49 heavy (non-hydrogen) atoms. The van der Waals surface area contributed by atoms with Gasteiger partial charge in [-0.25, -0.2) is 13.2 Å². The largest absolute Gasteiger partial charge is 0.490 e. The number of fused-ring (bicyclic) bond motifs is 1. The van der Waals surface area contributed by atoms with Crippen LogP contribution in [0.4, 0.5) is 5.69 Å². The van der Waals surface area contributed by atoms with Gasteiger partial charge in [-0.05, 0) is 95.1 Å². The van der Waals surface area contributed by atoms with Gasteiger partial charge in [0.15, 0.2) is 0 Å². The van der Waals surface area contributed by atoms with Gasteiger partial charge >= 0.3 is 5.97 Å². The average molecular weight is 696 g/mol. The monoisotopic (exact) mass is 695 g/mol. The zero-order valence-electron chi connectivity index (χ0n) is 29.0. The number of carboxylic acids is 1. The predicted octanol–water partition coefficient (Wildman–Crippen LogP) is 5.42. The number of aromatic carboxylic acids is 1. The molecule has 3 aromatic rings. The van der Waals surface area contributed by atoms with E-state index in [1.54, 1.807) is 60.4 Å². The summed E-state index contributed by atoms with van der Waals surface area (Å²) in [6.07, 6.45) is 1.91. The summed E-state index contributed by atoms with van der Waals surface area (Å²) < 4.78 is 41.8. The van der Waals surface area contributed by atoms with Crippen molar-refractivity contribution in [1.82, 2.24) is 9.80 Å². The normalized spacial score (nSPS) is 20.2. The van der Waals surface area contributed by atoms with Crippen molar-refractivity contribution in [2.45, 2.75) is 76.6 Å². The number of hydrogen-bond donors (Lipinski definition) is 3. The lowest BCUT2D eigenvalue weighted by atomic mass is 10.0. The molecule has 0 aromatic heterocycles. The number of hydrogen-bond acceptors (Lipinski definition) is 8. The van der Waals surface area contributed by atoms with E-state index >= 15 is 0 Å². The Labute approximate surface area is 289 Å². The highest BCUT2D eigenvalue weighted by Crippen LogP contribution is 2.29. The van der Waals surface area contributed by atoms with Gasteiger partial charge in [-0.1, -0.05) is 36.8 Å². The first-order valence-corrected chi connectivity index (χ1v) is 18.2. The smallest absolute Gasteiger partial charge is 0.335 e. The third-order valence-electron chi connectivity index (χ3n) is 8.78. The zero-order valence-corrected chi connectivity index (χ0v) is 29.8. The third-order valence-corrected chi connectivity index (χ3v) is 10.2. The first-order valence-electron chi connectivity index (χ1n) is 16.7. The van der Waals surface area contributed by atoms with E-state index in [9.17, 15) is 28.2 Å². The van der Waals surface area contributed by atoms with Crippen LogP contribution in [0.1, 0.15) is 71.9 Å². The van der Waals surface area contributed by atoms with Crippen LogP contribution in [0.15, 0.2) is 71.6 Å². The Morgan fingerprint density at radius 3 is 2.41 bits per heavy atom. The molecule has 0 radical (unpaired) electrons. The summed E-state index contributed by atoms with van der Waals surface area (Å²) in [6, 6.07) is 17.5. The Hall–Kier alpha value is -3.97. The highest BCUT2D eigenvalue weighted by atomic mass is 32.2. The minimum Gasteiger partial charge on any atom is -0.490 e. The molecule has 3 aromatic carbocycles. The van der Waals surface area contributed by atoms with E-state index in [1.165, 1.54) is 18.2 Å². The molecular formula is C37H49N3O8S. The molecule has 12 heteroatoms. The first-order chi connectivity index (χ1) is 23.3. The summed E-state index contributed by atoms with van der Waals surface area (Å²) in [7, 11) is -1.96. The zero-order chi connectivity index (χ0) is 35.7. The minimum atomic E-state index is -3.93. The number of nitrogens with zero attached hydrogens (tertiary/aromatic N) is 2. The lowest BCUT2D eigenvalue weighted by Gasteiger charge is -2.36. The van der Waals surface area contributed by atoms with E-state index in [4.69, 9.17) is 9.47 Å². The summed E-state index contributed by atoms with van der Waals surface area (Å²) in [4.78, 5) is 29.5. The standard InChI is InChI=1S/C37H49N3O8S/c1-25-9-16-32(17-10-25)49(45,46)38-31-15-18-34-33(20-31)36(42)40(27(3)24-41)21-26(2)35(47-19-7-6-8-28(4)48-34)23-39(5)22-29-11-13-30(14-12-29)37(43)44/h9-18,20,26-28,35,38,41H,6-8,19,21-24H2,1-5H3,(H,43,44)/t26-,27-,28-,35-/m0/s1. The van der Waals surface area contributed by atoms with Crippen LogP contribution in [0.3, 0.4) is 0 Å². The maximum absolute atomic E-state index is 14.4. The Balaban J connectivity index is 1.62. The topological polar surface area (TPSA) is 146 Å². The Bertz CT molecular complexity index is 1660. The van der Waals surface area contributed by atoms with Gasteiger partial charge in [-0.2, -0.15) is 0 Å². The van der Waals surface area contributed by atoms with Crippen molar-refractivity contribution in [3.05, 3.63) is 89.0 Å². The number of anilines is 1. The first kappa shape index (κ1) is 37.8. The van der Waals surface area contributed by atoms with Crippen LogP contribution < -0.4 is 9.46 Å². The molecule has 11 nitrogen and oxygen atoms in total. The molecule has 1 amide bonds. The lowest BCUT2D eigenvalue weighted by molar-refractivity contribution is -0.0177. The van der Waals surface area contributed by atoms with E-state index in [0.717, 1.165) is 30.4 Å². The third kappa shape index (κ3) is 10.5. The quantitative estimate of drug-likeness (QED) is 0.253. The van der Waals surface area contributed by atoms with Crippen LogP contribution in [-0.4, -0.2) is 91.9 Å². The number of amides is 1. The van der Waals surface area contributed by atoms with E-state index in [1.807, 2.05) is 27.8 Å². The number of rotatable bonds is 10. The van der Waals surface area contributed by atoms with Gasteiger partial charge < -0.3 is 24.6 Å². The van der Waals surface area contributed by atoms with Crippen LogP contribution >= 0.6 is 0 Å². The summed E-state index contributed by atoms with van der Waals surface area (Å²) in [5, 5.41) is 19.5. The highest BCUT2D eigenvalue weighted by molar-refractivity contribution is 7.92. The van der Waals surface area contributed by atoms with Crippen LogP contribution in [0.5, 0.6) is 5.75 Å². The second-order valence-corrected chi connectivity index (χ2v) is 14.8. The van der Waals surface area contributed by atoms with E-state index in [2.05, 4.69) is 9.62 Å².